The molecule has 0 bridgehead atoms. The summed E-state index contributed by atoms with van der Waals surface area (Å²) in [5, 5.41) is 12.3. The van der Waals surface area contributed by atoms with Crippen molar-refractivity contribution in [3.8, 4) is 17.0 Å². The average Bonchev–Trinajstić information content (AvgIpc) is 3.28. The molecular formula is C23H23ClF2N6O2. The van der Waals surface area contributed by atoms with Gasteiger partial charge in [-0.25, -0.2) is 9.67 Å². The van der Waals surface area contributed by atoms with E-state index in [9.17, 15) is 13.6 Å². The largest absolute Gasteiger partial charge is 0.433 e. The molecule has 1 aromatic carbocycles. The Labute approximate surface area is 199 Å². The second-order valence-electron chi connectivity index (χ2n) is 7.81. The molecule has 0 aliphatic rings. The van der Waals surface area contributed by atoms with E-state index in [0.29, 0.717) is 40.2 Å². The number of ether oxygens (including phenoxy) is 1. The van der Waals surface area contributed by atoms with Crippen molar-refractivity contribution in [1.29, 1.82) is 0 Å². The normalized spacial score (nSPS) is 11.4. The van der Waals surface area contributed by atoms with Gasteiger partial charge in [-0.1, -0.05) is 18.5 Å². The summed E-state index contributed by atoms with van der Waals surface area (Å²) in [6, 6.07) is 5.79. The Hall–Kier alpha value is -3.53. The maximum absolute atomic E-state index is 13.4. The number of rotatable bonds is 7. The summed E-state index contributed by atoms with van der Waals surface area (Å²) in [5.41, 5.74) is 4.29. The predicted octanol–water partition coefficient (Wildman–Crippen LogP) is 5.37. The third-order valence-corrected chi connectivity index (χ3v) is 5.77. The van der Waals surface area contributed by atoms with Gasteiger partial charge >= 0.3 is 6.61 Å². The molecule has 0 saturated carbocycles. The van der Waals surface area contributed by atoms with Crippen LogP contribution < -0.4 is 10.1 Å². The van der Waals surface area contributed by atoms with E-state index in [1.807, 2.05) is 27.8 Å². The predicted molar refractivity (Wildman–Crippen MR) is 126 cm³/mol. The van der Waals surface area contributed by atoms with Crippen molar-refractivity contribution in [3.63, 3.8) is 0 Å². The molecule has 0 saturated heterocycles. The van der Waals surface area contributed by atoms with Gasteiger partial charge in [0.2, 0.25) is 0 Å². The van der Waals surface area contributed by atoms with Crippen molar-refractivity contribution in [2.45, 2.75) is 40.3 Å². The van der Waals surface area contributed by atoms with Gasteiger partial charge in [0.15, 0.2) is 5.65 Å². The van der Waals surface area contributed by atoms with Crippen LogP contribution in [0.25, 0.3) is 22.3 Å². The number of pyridine rings is 1. The molecule has 0 atom stereocenters. The van der Waals surface area contributed by atoms with E-state index in [1.165, 1.54) is 18.2 Å². The Morgan fingerprint density at radius 1 is 1.26 bits per heavy atom. The first-order chi connectivity index (χ1) is 16.2. The fraction of sp³-hybridized carbons (Fsp3) is 0.304. The SMILES string of the molecule is CCCn1nc(C)c2c(C(=O)Nc3ccc(OC(F)F)c(Cl)c3)cc(-c3cnn(C)c3C)nc21. The Morgan fingerprint density at radius 2 is 2.03 bits per heavy atom. The number of aromatic nitrogens is 5. The number of hydrogen-bond acceptors (Lipinski definition) is 5. The first kappa shape index (κ1) is 23.6. The zero-order chi connectivity index (χ0) is 24.6. The van der Waals surface area contributed by atoms with E-state index in [1.54, 1.807) is 21.6 Å². The van der Waals surface area contributed by atoms with Crippen molar-refractivity contribution in [3.05, 3.63) is 52.4 Å². The quantitative estimate of drug-likeness (QED) is 0.378. The standard InChI is InChI=1S/C23H23ClF2N6O2/c1-5-8-32-21-20(12(2)30-32)15(10-18(29-21)16-11-27-31(4)13(16)3)22(33)28-14-6-7-19(17(24)9-14)34-23(25)26/h6-7,9-11,23H,5,8H2,1-4H3,(H,28,33). The van der Waals surface area contributed by atoms with E-state index in [0.717, 1.165) is 17.7 Å². The monoisotopic (exact) mass is 488 g/mol. The van der Waals surface area contributed by atoms with Gasteiger partial charge in [0.05, 0.1) is 33.6 Å². The van der Waals surface area contributed by atoms with Gasteiger partial charge in [0.1, 0.15) is 5.75 Å². The maximum atomic E-state index is 13.4. The Balaban J connectivity index is 1.79. The number of fused-ring (bicyclic) bond motifs is 1. The lowest BCUT2D eigenvalue weighted by atomic mass is 10.1. The fourth-order valence-electron chi connectivity index (χ4n) is 3.76. The molecule has 4 aromatic rings. The van der Waals surface area contributed by atoms with Crippen LogP contribution in [-0.4, -0.2) is 37.1 Å². The molecule has 11 heteroatoms. The zero-order valence-corrected chi connectivity index (χ0v) is 19.8. The average molecular weight is 489 g/mol. The summed E-state index contributed by atoms with van der Waals surface area (Å²) < 4.78 is 32.9. The minimum Gasteiger partial charge on any atom is -0.433 e. The molecule has 1 amide bonds. The number of carbonyl (C=O) groups excluding carboxylic acids is 1. The number of halogens is 3. The molecular weight excluding hydrogens is 466 g/mol. The number of nitrogens with zero attached hydrogens (tertiary/aromatic N) is 5. The first-order valence-electron chi connectivity index (χ1n) is 10.6. The van der Waals surface area contributed by atoms with E-state index < -0.39 is 12.5 Å². The van der Waals surface area contributed by atoms with Gasteiger partial charge in [-0.2, -0.15) is 19.0 Å². The van der Waals surface area contributed by atoms with Crippen LogP contribution in [-0.2, 0) is 13.6 Å². The summed E-state index contributed by atoms with van der Waals surface area (Å²) in [7, 11) is 1.83. The van der Waals surface area contributed by atoms with Gasteiger partial charge in [0, 0.05) is 30.5 Å². The van der Waals surface area contributed by atoms with Crippen LogP contribution in [0.4, 0.5) is 14.5 Å². The van der Waals surface area contributed by atoms with Gasteiger partial charge in [-0.3, -0.25) is 9.48 Å². The van der Waals surface area contributed by atoms with Crippen LogP contribution in [0.2, 0.25) is 5.02 Å². The number of carbonyl (C=O) groups is 1. The van der Waals surface area contributed by atoms with Crippen molar-refractivity contribution >= 4 is 34.2 Å². The molecule has 178 valence electrons. The summed E-state index contributed by atoms with van der Waals surface area (Å²) >= 11 is 6.04. The second kappa shape index (κ2) is 9.38. The third kappa shape index (κ3) is 4.45. The van der Waals surface area contributed by atoms with E-state index in [2.05, 4.69) is 20.3 Å². The number of alkyl halides is 2. The molecule has 0 aliphatic heterocycles. The van der Waals surface area contributed by atoms with Crippen LogP contribution in [0, 0.1) is 13.8 Å². The number of amides is 1. The highest BCUT2D eigenvalue weighted by Gasteiger charge is 2.22. The van der Waals surface area contributed by atoms with Crippen molar-refractivity contribution < 1.29 is 18.3 Å². The summed E-state index contributed by atoms with van der Waals surface area (Å²) in [5.74, 6) is -0.583. The molecule has 3 heterocycles. The molecule has 0 aliphatic carbocycles. The molecule has 0 spiro atoms. The number of nitrogens with one attached hydrogen (secondary N) is 1. The second-order valence-corrected chi connectivity index (χ2v) is 8.21. The number of aryl methyl sites for hydroxylation is 3. The lowest BCUT2D eigenvalue weighted by Gasteiger charge is -2.11. The van der Waals surface area contributed by atoms with Gasteiger partial charge < -0.3 is 10.1 Å². The maximum Gasteiger partial charge on any atom is 0.387 e. The van der Waals surface area contributed by atoms with Gasteiger partial charge in [0.25, 0.3) is 5.91 Å². The minimum atomic E-state index is -3.00. The third-order valence-electron chi connectivity index (χ3n) is 5.47. The highest BCUT2D eigenvalue weighted by molar-refractivity contribution is 6.32. The Bertz CT molecular complexity index is 1380. The molecule has 34 heavy (non-hydrogen) atoms. The molecule has 4 rings (SSSR count). The van der Waals surface area contributed by atoms with Crippen LogP contribution in [0.15, 0.2) is 30.5 Å². The summed E-state index contributed by atoms with van der Waals surface area (Å²) in [6.07, 6.45) is 2.56. The molecule has 8 nitrogen and oxygen atoms in total. The minimum absolute atomic E-state index is 0.0448. The molecule has 3 aromatic heterocycles. The highest BCUT2D eigenvalue weighted by atomic mass is 35.5. The van der Waals surface area contributed by atoms with Crippen LogP contribution in [0.3, 0.4) is 0 Å². The molecule has 0 radical (unpaired) electrons. The van der Waals surface area contributed by atoms with Crippen LogP contribution in [0.1, 0.15) is 35.1 Å². The van der Waals surface area contributed by atoms with Crippen molar-refractivity contribution in [2.24, 2.45) is 7.05 Å². The van der Waals surface area contributed by atoms with Gasteiger partial charge in [-0.15, -0.1) is 0 Å². The first-order valence-corrected chi connectivity index (χ1v) is 11.0. The molecule has 1 N–H and O–H groups in total. The summed E-state index contributed by atoms with van der Waals surface area (Å²) in [6.45, 7) is 3.44. The fourth-order valence-corrected chi connectivity index (χ4v) is 3.98. The van der Waals surface area contributed by atoms with Crippen molar-refractivity contribution in [2.75, 3.05) is 5.32 Å². The van der Waals surface area contributed by atoms with Gasteiger partial charge in [-0.05, 0) is 44.5 Å². The summed E-state index contributed by atoms with van der Waals surface area (Å²) in [4.78, 5) is 18.2. The smallest absolute Gasteiger partial charge is 0.387 e. The Morgan fingerprint density at radius 3 is 2.65 bits per heavy atom. The van der Waals surface area contributed by atoms with Crippen molar-refractivity contribution in [1.82, 2.24) is 24.5 Å². The zero-order valence-electron chi connectivity index (χ0n) is 19.1. The van der Waals surface area contributed by atoms with E-state index in [4.69, 9.17) is 16.6 Å². The number of benzene rings is 1. The van der Waals surface area contributed by atoms with Crippen LogP contribution in [0.5, 0.6) is 5.75 Å². The lowest BCUT2D eigenvalue weighted by Crippen LogP contribution is -2.14. The Kier molecular flexibility index (Phi) is 6.52. The van der Waals surface area contributed by atoms with E-state index >= 15 is 0 Å². The lowest BCUT2D eigenvalue weighted by molar-refractivity contribution is -0.0497. The van der Waals surface area contributed by atoms with E-state index in [-0.39, 0.29) is 10.8 Å². The highest BCUT2D eigenvalue weighted by Crippen LogP contribution is 2.31. The topological polar surface area (TPSA) is 86.9 Å². The molecule has 0 fully saturated rings. The molecule has 0 unspecified atom stereocenters. The number of anilines is 1. The number of hydrogen-bond donors (Lipinski definition) is 1. The van der Waals surface area contributed by atoms with Crippen LogP contribution >= 0.6 is 11.6 Å².